The molecule has 0 aliphatic heterocycles. The lowest BCUT2D eigenvalue weighted by Crippen LogP contribution is -2.36. The average Bonchev–Trinajstić information content (AvgIpc) is 2.20. The molecule has 0 amide bonds. The highest BCUT2D eigenvalue weighted by Crippen LogP contribution is 2.12. The van der Waals surface area contributed by atoms with Gasteiger partial charge in [0.1, 0.15) is 0 Å². The van der Waals surface area contributed by atoms with Crippen molar-refractivity contribution in [3.63, 3.8) is 0 Å². The lowest BCUT2D eigenvalue weighted by molar-refractivity contribution is 0.486. The van der Waals surface area contributed by atoms with Crippen LogP contribution in [-0.4, -0.2) is 11.0 Å². The van der Waals surface area contributed by atoms with E-state index in [9.17, 15) is 0 Å². The molecule has 1 unspecified atom stereocenters. The second-order valence-electron chi connectivity index (χ2n) is 3.43. The molecule has 0 spiro atoms. The molecule has 4 nitrogen and oxygen atoms in total. The van der Waals surface area contributed by atoms with Crippen LogP contribution in [0.25, 0.3) is 0 Å². The van der Waals surface area contributed by atoms with Gasteiger partial charge in [-0.3, -0.25) is 16.3 Å². The van der Waals surface area contributed by atoms with Gasteiger partial charge in [-0.1, -0.05) is 13.3 Å². The summed E-state index contributed by atoms with van der Waals surface area (Å²) < 4.78 is 0. The van der Waals surface area contributed by atoms with Crippen molar-refractivity contribution in [2.75, 3.05) is 5.73 Å². The van der Waals surface area contributed by atoms with E-state index in [4.69, 9.17) is 11.6 Å². The number of rotatable bonds is 5. The Morgan fingerprint density at radius 2 is 2.36 bits per heavy atom. The van der Waals surface area contributed by atoms with E-state index in [1.807, 2.05) is 6.07 Å². The Labute approximate surface area is 84.7 Å². The monoisotopic (exact) mass is 194 g/mol. The minimum absolute atomic E-state index is 0.284. The van der Waals surface area contributed by atoms with Crippen LogP contribution in [0.4, 0.5) is 5.69 Å². The Bertz CT molecular complexity index is 275. The van der Waals surface area contributed by atoms with Gasteiger partial charge in [-0.05, 0) is 24.5 Å². The summed E-state index contributed by atoms with van der Waals surface area (Å²) in [6.07, 6.45) is 6.49. The molecule has 78 valence electrons. The molecule has 0 saturated heterocycles. The molecule has 0 aromatic carbocycles. The Kier molecular flexibility index (Phi) is 4.35. The first-order chi connectivity index (χ1) is 6.77. The third-order valence-electron chi connectivity index (χ3n) is 2.28. The molecule has 14 heavy (non-hydrogen) atoms. The zero-order chi connectivity index (χ0) is 10.4. The molecule has 0 radical (unpaired) electrons. The van der Waals surface area contributed by atoms with Crippen molar-refractivity contribution in [2.24, 2.45) is 5.84 Å². The molecule has 0 aliphatic rings. The maximum Gasteiger partial charge on any atom is 0.0378 e. The summed E-state index contributed by atoms with van der Waals surface area (Å²) in [5.74, 6) is 5.45. The topological polar surface area (TPSA) is 77.0 Å². The van der Waals surface area contributed by atoms with Crippen molar-refractivity contribution in [3.05, 3.63) is 24.0 Å². The predicted molar refractivity (Wildman–Crippen MR) is 58.4 cm³/mol. The van der Waals surface area contributed by atoms with Gasteiger partial charge in [0.25, 0.3) is 0 Å². The minimum Gasteiger partial charge on any atom is -0.398 e. The number of anilines is 1. The normalized spacial score (nSPS) is 12.7. The molecule has 0 fully saturated rings. The van der Waals surface area contributed by atoms with Crippen LogP contribution in [0, 0.1) is 0 Å². The fourth-order valence-electron chi connectivity index (χ4n) is 1.47. The quantitative estimate of drug-likeness (QED) is 0.479. The first-order valence-electron chi connectivity index (χ1n) is 4.92. The number of hydrazine groups is 1. The highest BCUT2D eigenvalue weighted by atomic mass is 15.2. The highest BCUT2D eigenvalue weighted by Gasteiger charge is 2.08. The zero-order valence-electron chi connectivity index (χ0n) is 8.53. The molecule has 1 rings (SSSR count). The smallest absolute Gasteiger partial charge is 0.0378 e. The molecule has 0 bridgehead atoms. The van der Waals surface area contributed by atoms with Crippen molar-refractivity contribution in [2.45, 2.75) is 32.2 Å². The number of hydrogen-bond donors (Lipinski definition) is 3. The van der Waals surface area contributed by atoms with Gasteiger partial charge in [0, 0.05) is 24.1 Å². The fourth-order valence-corrected chi connectivity index (χ4v) is 1.47. The largest absolute Gasteiger partial charge is 0.398 e. The van der Waals surface area contributed by atoms with Crippen molar-refractivity contribution in [1.82, 2.24) is 10.4 Å². The summed E-state index contributed by atoms with van der Waals surface area (Å²) in [4.78, 5) is 4.04. The molecule has 0 saturated carbocycles. The van der Waals surface area contributed by atoms with Crippen molar-refractivity contribution < 1.29 is 0 Å². The number of hydrogen-bond acceptors (Lipinski definition) is 4. The maximum atomic E-state index is 5.81. The molecule has 1 atom stereocenters. The van der Waals surface area contributed by atoms with Crippen molar-refractivity contribution in [1.29, 1.82) is 0 Å². The van der Waals surface area contributed by atoms with E-state index in [0.29, 0.717) is 0 Å². The standard InChI is InChI=1S/C10H18N4/c1-2-3-9(14-12)6-8-7-13-5-4-10(8)11/h4-5,7,9,14H,2-3,6,12H2,1H3,(H2,11,13). The van der Waals surface area contributed by atoms with Crippen LogP contribution < -0.4 is 17.0 Å². The SMILES string of the molecule is CCCC(Cc1cnccc1N)NN. The molecule has 1 aromatic rings. The van der Waals surface area contributed by atoms with Crippen LogP contribution in [0.15, 0.2) is 18.5 Å². The van der Waals surface area contributed by atoms with Crippen molar-refractivity contribution in [3.8, 4) is 0 Å². The van der Waals surface area contributed by atoms with Gasteiger partial charge in [-0.25, -0.2) is 0 Å². The van der Waals surface area contributed by atoms with E-state index in [0.717, 1.165) is 30.5 Å². The second kappa shape index (κ2) is 5.57. The van der Waals surface area contributed by atoms with E-state index in [1.165, 1.54) is 0 Å². The number of nitrogens with zero attached hydrogens (tertiary/aromatic N) is 1. The molecule has 0 aliphatic carbocycles. The van der Waals surface area contributed by atoms with Crippen LogP contribution in [0.1, 0.15) is 25.3 Å². The van der Waals surface area contributed by atoms with Gasteiger partial charge in [0.15, 0.2) is 0 Å². The predicted octanol–water partition coefficient (Wildman–Crippen LogP) is 0.838. The van der Waals surface area contributed by atoms with E-state index in [-0.39, 0.29) is 6.04 Å². The summed E-state index contributed by atoms with van der Waals surface area (Å²) in [6.45, 7) is 2.14. The molecule has 1 aromatic heterocycles. The Hall–Kier alpha value is -1.13. The number of pyridine rings is 1. The van der Waals surface area contributed by atoms with Crippen LogP contribution >= 0.6 is 0 Å². The summed E-state index contributed by atoms with van der Waals surface area (Å²) in [5.41, 5.74) is 10.5. The molecule has 1 heterocycles. The summed E-state index contributed by atoms with van der Waals surface area (Å²) in [7, 11) is 0. The van der Waals surface area contributed by atoms with Crippen molar-refractivity contribution >= 4 is 5.69 Å². The van der Waals surface area contributed by atoms with Gasteiger partial charge < -0.3 is 5.73 Å². The van der Waals surface area contributed by atoms with E-state index in [1.54, 1.807) is 12.4 Å². The second-order valence-corrected chi connectivity index (χ2v) is 3.43. The number of nitrogens with one attached hydrogen (secondary N) is 1. The first kappa shape index (κ1) is 10.9. The summed E-state index contributed by atoms with van der Waals surface area (Å²) in [6, 6.07) is 2.10. The zero-order valence-corrected chi connectivity index (χ0v) is 8.53. The number of aromatic nitrogens is 1. The third kappa shape index (κ3) is 2.97. The van der Waals surface area contributed by atoms with E-state index >= 15 is 0 Å². The van der Waals surface area contributed by atoms with E-state index < -0.39 is 0 Å². The van der Waals surface area contributed by atoms with E-state index in [2.05, 4.69) is 17.3 Å². The lowest BCUT2D eigenvalue weighted by atomic mass is 10.0. The van der Waals surface area contributed by atoms with Gasteiger partial charge >= 0.3 is 0 Å². The van der Waals surface area contributed by atoms with Crippen LogP contribution in [0.3, 0.4) is 0 Å². The molecule has 5 N–H and O–H groups in total. The highest BCUT2D eigenvalue weighted by molar-refractivity contribution is 5.44. The summed E-state index contributed by atoms with van der Waals surface area (Å²) >= 11 is 0. The van der Waals surface area contributed by atoms with Gasteiger partial charge in [-0.15, -0.1) is 0 Å². The first-order valence-corrected chi connectivity index (χ1v) is 4.92. The Balaban J connectivity index is 2.62. The number of nitrogens with two attached hydrogens (primary N) is 2. The Morgan fingerprint density at radius 3 is 2.93 bits per heavy atom. The molecule has 4 heteroatoms. The lowest BCUT2D eigenvalue weighted by Gasteiger charge is -2.15. The van der Waals surface area contributed by atoms with Gasteiger partial charge in [-0.2, -0.15) is 0 Å². The maximum absolute atomic E-state index is 5.81. The minimum atomic E-state index is 0.284. The third-order valence-corrected chi connectivity index (χ3v) is 2.28. The van der Waals surface area contributed by atoms with Gasteiger partial charge in [0.05, 0.1) is 0 Å². The fraction of sp³-hybridized carbons (Fsp3) is 0.500. The van der Waals surface area contributed by atoms with Crippen LogP contribution in [0.2, 0.25) is 0 Å². The summed E-state index contributed by atoms with van der Waals surface area (Å²) in [5, 5.41) is 0. The van der Waals surface area contributed by atoms with Crippen LogP contribution in [-0.2, 0) is 6.42 Å². The molecular weight excluding hydrogens is 176 g/mol. The Morgan fingerprint density at radius 1 is 1.57 bits per heavy atom. The van der Waals surface area contributed by atoms with Crippen LogP contribution in [0.5, 0.6) is 0 Å². The molecular formula is C10H18N4. The van der Waals surface area contributed by atoms with Gasteiger partial charge in [0.2, 0.25) is 0 Å². The average molecular weight is 194 g/mol. The number of nitrogen functional groups attached to an aromatic ring is 1.